The average molecular weight is 362 g/mol. The zero-order valence-corrected chi connectivity index (χ0v) is 16.2. The van der Waals surface area contributed by atoms with Gasteiger partial charge in [0.2, 0.25) is 0 Å². The normalized spacial score (nSPS) is 10.8. The predicted molar refractivity (Wildman–Crippen MR) is 107 cm³/mol. The number of carbonyl (C=O) groups is 1. The summed E-state index contributed by atoms with van der Waals surface area (Å²) < 4.78 is 7.46. The zero-order chi connectivity index (χ0) is 19.2. The molecule has 2 aromatic carbocycles. The summed E-state index contributed by atoms with van der Waals surface area (Å²) in [6.45, 7) is 6.53. The molecule has 27 heavy (non-hydrogen) atoms. The first-order chi connectivity index (χ1) is 13.1. The second-order valence-electron chi connectivity index (χ2n) is 6.74. The summed E-state index contributed by atoms with van der Waals surface area (Å²) in [5.41, 5.74) is 4.61. The van der Waals surface area contributed by atoms with Crippen LogP contribution in [0.25, 0.3) is 0 Å². The summed E-state index contributed by atoms with van der Waals surface area (Å²) in [7, 11) is 0. The van der Waals surface area contributed by atoms with E-state index in [1.165, 1.54) is 10.2 Å². The van der Waals surface area contributed by atoms with Crippen LogP contribution in [-0.2, 0) is 13.0 Å². The Morgan fingerprint density at radius 3 is 2.48 bits per heavy atom. The minimum atomic E-state index is -0.151. The number of hydrogen-bond acceptors (Lipinski definition) is 3. The second kappa shape index (κ2) is 8.67. The summed E-state index contributed by atoms with van der Waals surface area (Å²) in [6, 6.07) is 17.3. The Morgan fingerprint density at radius 2 is 1.74 bits per heavy atom. The Morgan fingerprint density at radius 1 is 1.04 bits per heavy atom. The van der Waals surface area contributed by atoms with Crippen molar-refractivity contribution >= 4 is 5.91 Å². The fourth-order valence-corrected chi connectivity index (χ4v) is 3.21. The highest BCUT2D eigenvalue weighted by atomic mass is 16.5. The molecule has 4 nitrogen and oxygen atoms in total. The van der Waals surface area contributed by atoms with Crippen LogP contribution < -0.4 is 4.74 Å². The summed E-state index contributed by atoms with van der Waals surface area (Å²) in [6.07, 6.45) is 3.17. The highest BCUT2D eigenvalue weighted by Crippen LogP contribution is 2.23. The molecule has 0 bridgehead atoms. The monoisotopic (exact) mass is 362 g/mol. The largest absolute Gasteiger partial charge is 0.488 e. The molecule has 140 valence electrons. The van der Waals surface area contributed by atoms with Crippen LogP contribution in [0.3, 0.4) is 0 Å². The molecule has 0 aliphatic rings. The first-order valence-electron chi connectivity index (χ1n) is 9.47. The van der Waals surface area contributed by atoms with Gasteiger partial charge in [0.1, 0.15) is 12.4 Å². The number of aryl methyl sites for hydroxylation is 1. The predicted octanol–water partition coefficient (Wildman–Crippen LogP) is 5.11. The third-order valence-corrected chi connectivity index (χ3v) is 4.77. The van der Waals surface area contributed by atoms with Gasteiger partial charge in [-0.1, -0.05) is 55.8 Å². The van der Waals surface area contributed by atoms with E-state index in [9.17, 15) is 4.79 Å². The van der Waals surface area contributed by atoms with Gasteiger partial charge < -0.3 is 4.74 Å². The van der Waals surface area contributed by atoms with E-state index in [1.807, 2.05) is 62.4 Å². The van der Waals surface area contributed by atoms with Crippen molar-refractivity contribution in [2.24, 2.45) is 0 Å². The fourth-order valence-electron chi connectivity index (χ4n) is 3.21. The highest BCUT2D eigenvalue weighted by molar-refractivity contribution is 5.98. The second-order valence-corrected chi connectivity index (χ2v) is 6.74. The molecule has 0 aliphatic heterocycles. The van der Waals surface area contributed by atoms with Gasteiger partial charge in [-0.25, -0.2) is 4.68 Å². The lowest BCUT2D eigenvalue weighted by Crippen LogP contribution is -2.17. The minimum absolute atomic E-state index is 0.151. The molecule has 0 fully saturated rings. The van der Waals surface area contributed by atoms with Gasteiger partial charge in [0.05, 0.1) is 11.3 Å². The smallest absolute Gasteiger partial charge is 0.282 e. The number of benzene rings is 2. The minimum Gasteiger partial charge on any atom is -0.488 e. The van der Waals surface area contributed by atoms with Crippen LogP contribution in [0.15, 0.2) is 54.6 Å². The lowest BCUT2D eigenvalue weighted by Gasteiger charge is -2.11. The summed E-state index contributed by atoms with van der Waals surface area (Å²) in [5, 5.41) is 4.51. The van der Waals surface area contributed by atoms with Crippen molar-refractivity contribution in [1.82, 2.24) is 9.78 Å². The molecule has 0 saturated carbocycles. The van der Waals surface area contributed by atoms with Crippen LogP contribution in [0, 0.1) is 13.8 Å². The maximum atomic E-state index is 13.2. The van der Waals surface area contributed by atoms with E-state index < -0.39 is 0 Å². The molecule has 0 saturated heterocycles. The molecule has 4 heteroatoms. The van der Waals surface area contributed by atoms with Crippen LogP contribution in [0.4, 0.5) is 0 Å². The highest BCUT2D eigenvalue weighted by Gasteiger charge is 2.20. The van der Waals surface area contributed by atoms with Crippen molar-refractivity contribution in [3.05, 3.63) is 82.7 Å². The van der Waals surface area contributed by atoms with Crippen LogP contribution >= 0.6 is 0 Å². The number of nitrogens with zero attached hydrogens (tertiary/aromatic N) is 2. The van der Waals surface area contributed by atoms with Gasteiger partial charge in [0.15, 0.2) is 0 Å². The van der Waals surface area contributed by atoms with E-state index in [0.29, 0.717) is 17.9 Å². The first kappa shape index (κ1) is 18.9. The molecule has 0 aliphatic carbocycles. The molecule has 0 N–H and O–H groups in total. The van der Waals surface area contributed by atoms with Crippen LogP contribution in [0.1, 0.15) is 52.6 Å². The molecule has 3 aromatic rings. The number of carbonyl (C=O) groups excluding carboxylic acids is 1. The Balaban J connectivity index is 1.85. The maximum Gasteiger partial charge on any atom is 0.282 e. The van der Waals surface area contributed by atoms with Gasteiger partial charge in [-0.15, -0.1) is 0 Å². The van der Waals surface area contributed by atoms with E-state index >= 15 is 0 Å². The SMILES string of the molecule is CCCCc1c(C)nn(C(=O)c2ccccc2OCc2ccccc2)c1C. The summed E-state index contributed by atoms with van der Waals surface area (Å²) >= 11 is 0. The van der Waals surface area contributed by atoms with Gasteiger partial charge in [-0.3, -0.25) is 4.79 Å². The number of unbranched alkanes of at least 4 members (excludes halogenated alkanes) is 1. The molecular formula is C23H26N2O2. The number of para-hydroxylation sites is 1. The third-order valence-electron chi connectivity index (χ3n) is 4.77. The standard InChI is InChI=1S/C23H26N2O2/c1-4-5-13-20-17(2)24-25(18(20)3)23(26)21-14-9-10-15-22(21)27-16-19-11-7-6-8-12-19/h6-12,14-15H,4-5,13,16H2,1-3H3. The summed E-state index contributed by atoms with van der Waals surface area (Å²) in [5.74, 6) is 0.427. The van der Waals surface area contributed by atoms with Gasteiger partial charge in [-0.2, -0.15) is 5.10 Å². The molecule has 0 radical (unpaired) electrons. The molecular weight excluding hydrogens is 336 g/mol. The molecule has 0 unspecified atom stereocenters. The average Bonchev–Trinajstić information content (AvgIpc) is 2.99. The van der Waals surface area contributed by atoms with Gasteiger partial charge >= 0.3 is 0 Å². The lowest BCUT2D eigenvalue weighted by atomic mass is 10.1. The van der Waals surface area contributed by atoms with Gasteiger partial charge in [0, 0.05) is 5.69 Å². The van der Waals surface area contributed by atoms with E-state index in [4.69, 9.17) is 4.74 Å². The fraction of sp³-hybridized carbons (Fsp3) is 0.304. The van der Waals surface area contributed by atoms with Crippen molar-refractivity contribution in [3.8, 4) is 5.75 Å². The maximum absolute atomic E-state index is 13.2. The van der Waals surface area contributed by atoms with Crippen molar-refractivity contribution < 1.29 is 9.53 Å². The van der Waals surface area contributed by atoms with Crippen molar-refractivity contribution in [3.63, 3.8) is 0 Å². The van der Waals surface area contributed by atoms with Crippen molar-refractivity contribution in [2.75, 3.05) is 0 Å². The Hall–Kier alpha value is -2.88. The Kier molecular flexibility index (Phi) is 6.07. The topological polar surface area (TPSA) is 44.1 Å². The number of hydrogen-bond donors (Lipinski definition) is 0. The zero-order valence-electron chi connectivity index (χ0n) is 16.2. The van der Waals surface area contributed by atoms with E-state index in [1.54, 1.807) is 6.07 Å². The molecule has 1 aromatic heterocycles. The molecule has 3 rings (SSSR count). The summed E-state index contributed by atoms with van der Waals surface area (Å²) in [4.78, 5) is 13.2. The molecule has 0 amide bonds. The molecule has 0 atom stereocenters. The lowest BCUT2D eigenvalue weighted by molar-refractivity contribution is 0.0937. The van der Waals surface area contributed by atoms with Crippen LogP contribution in [0.2, 0.25) is 0 Å². The number of aromatic nitrogens is 2. The number of ether oxygens (including phenoxy) is 1. The van der Waals surface area contributed by atoms with Crippen molar-refractivity contribution in [1.29, 1.82) is 0 Å². The van der Waals surface area contributed by atoms with E-state index in [2.05, 4.69) is 12.0 Å². The van der Waals surface area contributed by atoms with E-state index in [-0.39, 0.29) is 5.91 Å². The van der Waals surface area contributed by atoms with Crippen LogP contribution in [-0.4, -0.2) is 15.7 Å². The van der Waals surface area contributed by atoms with Gasteiger partial charge in [0.25, 0.3) is 5.91 Å². The van der Waals surface area contributed by atoms with Crippen LogP contribution in [0.5, 0.6) is 5.75 Å². The van der Waals surface area contributed by atoms with Gasteiger partial charge in [-0.05, 0) is 49.9 Å². The Bertz CT molecular complexity index is 913. The quantitative estimate of drug-likeness (QED) is 0.587. The molecule has 1 heterocycles. The first-order valence-corrected chi connectivity index (χ1v) is 9.47. The molecule has 0 spiro atoms. The number of rotatable bonds is 7. The third kappa shape index (κ3) is 4.27. The van der Waals surface area contributed by atoms with E-state index in [0.717, 1.165) is 36.2 Å². The van der Waals surface area contributed by atoms with Crippen molar-refractivity contribution in [2.45, 2.75) is 46.6 Å². The Labute approximate surface area is 160 Å².